The van der Waals surface area contributed by atoms with E-state index in [1.54, 1.807) is 23.9 Å². The van der Waals surface area contributed by atoms with Gasteiger partial charge in [-0.2, -0.15) is 0 Å². The highest BCUT2D eigenvalue weighted by molar-refractivity contribution is 8.00. The lowest BCUT2D eigenvalue weighted by Crippen LogP contribution is -1.85. The Morgan fingerprint density at radius 2 is 2.21 bits per heavy atom. The Kier molecular flexibility index (Phi) is 2.63. The Labute approximate surface area is 85.9 Å². The second-order valence-corrected chi connectivity index (χ2v) is 4.59. The van der Waals surface area contributed by atoms with Crippen molar-refractivity contribution in [3.05, 3.63) is 28.7 Å². The standard InChI is InChI=1S/C10H9NO2S/c12-6-7-5-8(11-13)1-4-10(7)14-9-2-3-9/h1,4-6,9H,2-3H2. The summed E-state index contributed by atoms with van der Waals surface area (Å²) in [7, 11) is 0. The highest BCUT2D eigenvalue weighted by Gasteiger charge is 2.23. The van der Waals surface area contributed by atoms with E-state index in [2.05, 4.69) is 5.18 Å². The number of hydrogen-bond acceptors (Lipinski definition) is 4. The molecule has 2 rings (SSSR count). The molecule has 14 heavy (non-hydrogen) atoms. The lowest BCUT2D eigenvalue weighted by atomic mass is 10.2. The third kappa shape index (κ3) is 2.01. The van der Waals surface area contributed by atoms with Gasteiger partial charge < -0.3 is 0 Å². The average molecular weight is 207 g/mol. The molecule has 1 aromatic rings. The van der Waals surface area contributed by atoms with Crippen LogP contribution in [0.5, 0.6) is 0 Å². The molecule has 0 saturated heterocycles. The molecule has 0 heterocycles. The summed E-state index contributed by atoms with van der Waals surface area (Å²) in [5, 5.41) is 3.45. The lowest BCUT2D eigenvalue weighted by molar-refractivity contribution is 0.112. The quantitative estimate of drug-likeness (QED) is 0.562. The molecule has 1 saturated carbocycles. The number of rotatable bonds is 4. The molecule has 0 aromatic heterocycles. The molecule has 0 radical (unpaired) electrons. The van der Waals surface area contributed by atoms with E-state index in [1.165, 1.54) is 18.9 Å². The SMILES string of the molecule is O=Cc1cc(N=O)ccc1SC1CC1. The monoisotopic (exact) mass is 207 g/mol. The molecule has 4 heteroatoms. The molecule has 0 atom stereocenters. The first kappa shape index (κ1) is 9.40. The topological polar surface area (TPSA) is 46.5 Å². The van der Waals surface area contributed by atoms with Crippen LogP contribution in [0.1, 0.15) is 23.2 Å². The summed E-state index contributed by atoms with van der Waals surface area (Å²) < 4.78 is 0. The minimum absolute atomic E-state index is 0.312. The summed E-state index contributed by atoms with van der Waals surface area (Å²) in [5.74, 6) is 0. The van der Waals surface area contributed by atoms with Gasteiger partial charge in [0.1, 0.15) is 5.69 Å². The number of nitroso groups, excluding NO2 is 1. The minimum Gasteiger partial charge on any atom is -0.298 e. The van der Waals surface area contributed by atoms with E-state index in [0.29, 0.717) is 16.5 Å². The van der Waals surface area contributed by atoms with E-state index >= 15 is 0 Å². The molecule has 1 fully saturated rings. The molecule has 0 amide bonds. The highest BCUT2D eigenvalue weighted by atomic mass is 32.2. The van der Waals surface area contributed by atoms with Gasteiger partial charge in [0.15, 0.2) is 6.29 Å². The Morgan fingerprint density at radius 3 is 2.79 bits per heavy atom. The van der Waals surface area contributed by atoms with Gasteiger partial charge in [-0.1, -0.05) is 0 Å². The maximum atomic E-state index is 10.7. The third-order valence-electron chi connectivity index (χ3n) is 2.04. The Balaban J connectivity index is 2.28. The van der Waals surface area contributed by atoms with Gasteiger partial charge in [0.25, 0.3) is 0 Å². The first-order chi connectivity index (χ1) is 6.83. The van der Waals surface area contributed by atoms with Crippen molar-refractivity contribution >= 4 is 23.7 Å². The number of benzene rings is 1. The maximum Gasteiger partial charge on any atom is 0.151 e. The van der Waals surface area contributed by atoms with Gasteiger partial charge in [-0.3, -0.25) is 4.79 Å². The van der Waals surface area contributed by atoms with Gasteiger partial charge in [0.05, 0.1) is 0 Å². The van der Waals surface area contributed by atoms with Gasteiger partial charge >= 0.3 is 0 Å². The van der Waals surface area contributed by atoms with Crippen molar-refractivity contribution < 1.29 is 4.79 Å². The van der Waals surface area contributed by atoms with E-state index in [1.807, 2.05) is 0 Å². The molecule has 0 aliphatic heterocycles. The van der Waals surface area contributed by atoms with Gasteiger partial charge in [-0.05, 0) is 36.2 Å². The van der Waals surface area contributed by atoms with Crippen LogP contribution in [-0.4, -0.2) is 11.5 Å². The number of nitrogens with zero attached hydrogens (tertiary/aromatic N) is 1. The van der Waals surface area contributed by atoms with Crippen LogP contribution in [0.15, 0.2) is 28.3 Å². The zero-order chi connectivity index (χ0) is 9.97. The number of aldehydes is 1. The first-order valence-corrected chi connectivity index (χ1v) is 5.30. The second kappa shape index (κ2) is 3.92. The average Bonchev–Trinajstić information content (AvgIpc) is 3.02. The molecular formula is C10H9NO2S. The molecule has 0 bridgehead atoms. The van der Waals surface area contributed by atoms with Gasteiger partial charge in [0, 0.05) is 15.7 Å². The van der Waals surface area contributed by atoms with Gasteiger partial charge in [-0.25, -0.2) is 0 Å². The van der Waals surface area contributed by atoms with Crippen LogP contribution in [0.4, 0.5) is 5.69 Å². The molecule has 0 spiro atoms. The predicted molar refractivity (Wildman–Crippen MR) is 56.2 cm³/mol. The van der Waals surface area contributed by atoms with Crippen molar-refractivity contribution in [1.29, 1.82) is 0 Å². The smallest absolute Gasteiger partial charge is 0.151 e. The van der Waals surface area contributed by atoms with E-state index < -0.39 is 0 Å². The summed E-state index contributed by atoms with van der Waals surface area (Å²) in [4.78, 5) is 21.9. The zero-order valence-electron chi connectivity index (χ0n) is 7.47. The fraction of sp³-hybridized carbons (Fsp3) is 0.300. The normalized spacial score (nSPS) is 15.1. The van der Waals surface area contributed by atoms with Gasteiger partial charge in [-0.15, -0.1) is 16.7 Å². The lowest BCUT2D eigenvalue weighted by Gasteiger charge is -2.02. The van der Waals surface area contributed by atoms with Crippen LogP contribution < -0.4 is 0 Å². The van der Waals surface area contributed by atoms with Crippen molar-refractivity contribution in [2.24, 2.45) is 5.18 Å². The number of hydrogen-bond donors (Lipinski definition) is 0. The summed E-state index contributed by atoms with van der Waals surface area (Å²) in [5.41, 5.74) is 0.881. The van der Waals surface area contributed by atoms with Crippen LogP contribution in [-0.2, 0) is 0 Å². The summed E-state index contributed by atoms with van der Waals surface area (Å²) in [6.45, 7) is 0. The maximum absolute atomic E-state index is 10.7. The summed E-state index contributed by atoms with van der Waals surface area (Å²) in [6.07, 6.45) is 3.21. The van der Waals surface area contributed by atoms with Crippen molar-refractivity contribution in [3.8, 4) is 0 Å². The Hall–Kier alpha value is -1.16. The van der Waals surface area contributed by atoms with Crippen LogP contribution in [0.3, 0.4) is 0 Å². The van der Waals surface area contributed by atoms with Crippen molar-refractivity contribution in [2.75, 3.05) is 0 Å². The molecule has 0 N–H and O–H groups in total. The fourth-order valence-corrected chi connectivity index (χ4v) is 2.28. The molecule has 72 valence electrons. The van der Waals surface area contributed by atoms with E-state index in [4.69, 9.17) is 0 Å². The molecule has 3 nitrogen and oxygen atoms in total. The second-order valence-electron chi connectivity index (χ2n) is 3.25. The van der Waals surface area contributed by atoms with Crippen molar-refractivity contribution in [1.82, 2.24) is 0 Å². The van der Waals surface area contributed by atoms with Crippen LogP contribution >= 0.6 is 11.8 Å². The molecule has 1 aliphatic rings. The van der Waals surface area contributed by atoms with Gasteiger partial charge in [0.2, 0.25) is 0 Å². The fourth-order valence-electron chi connectivity index (χ4n) is 1.16. The predicted octanol–water partition coefficient (Wildman–Crippen LogP) is 3.15. The van der Waals surface area contributed by atoms with Crippen LogP contribution in [0, 0.1) is 4.91 Å². The molecular weight excluding hydrogens is 198 g/mol. The molecule has 1 aliphatic carbocycles. The van der Waals surface area contributed by atoms with Crippen molar-refractivity contribution in [2.45, 2.75) is 23.0 Å². The van der Waals surface area contributed by atoms with Crippen LogP contribution in [0.25, 0.3) is 0 Å². The van der Waals surface area contributed by atoms with E-state index in [-0.39, 0.29) is 0 Å². The van der Waals surface area contributed by atoms with Crippen LogP contribution in [0.2, 0.25) is 0 Å². The van der Waals surface area contributed by atoms with Crippen molar-refractivity contribution in [3.63, 3.8) is 0 Å². The summed E-state index contributed by atoms with van der Waals surface area (Å²) in [6, 6.07) is 4.97. The summed E-state index contributed by atoms with van der Waals surface area (Å²) >= 11 is 1.70. The highest BCUT2D eigenvalue weighted by Crippen LogP contribution is 2.40. The molecule has 0 unspecified atom stereocenters. The third-order valence-corrected chi connectivity index (χ3v) is 3.47. The van der Waals surface area contributed by atoms with E-state index in [0.717, 1.165) is 11.2 Å². The number of thioether (sulfide) groups is 1. The largest absolute Gasteiger partial charge is 0.298 e. The first-order valence-electron chi connectivity index (χ1n) is 4.42. The zero-order valence-corrected chi connectivity index (χ0v) is 8.29. The van der Waals surface area contributed by atoms with E-state index in [9.17, 15) is 9.70 Å². The number of carbonyl (C=O) groups is 1. The number of carbonyl (C=O) groups excluding carboxylic acids is 1. The molecule has 1 aromatic carbocycles. The Morgan fingerprint density at radius 1 is 1.43 bits per heavy atom. The Bertz CT molecular complexity index is 374. The minimum atomic E-state index is 0.312.